The Morgan fingerprint density at radius 3 is 2.90 bits per heavy atom. The molecule has 0 bridgehead atoms. The van der Waals surface area contributed by atoms with E-state index in [0.717, 1.165) is 18.4 Å². The van der Waals surface area contributed by atoms with Gasteiger partial charge in [0.2, 0.25) is 5.91 Å². The summed E-state index contributed by atoms with van der Waals surface area (Å²) in [5.74, 6) is -0.309. The molecule has 5 heteroatoms. The minimum atomic E-state index is -0.421. The first-order valence-corrected chi connectivity index (χ1v) is 7.61. The molecule has 1 aliphatic rings. The number of carbonyl (C=O) groups excluding carboxylic acids is 2. The van der Waals surface area contributed by atoms with Gasteiger partial charge in [-0.25, -0.2) is 4.79 Å². The van der Waals surface area contributed by atoms with Crippen LogP contribution in [0.3, 0.4) is 0 Å². The van der Waals surface area contributed by atoms with Gasteiger partial charge in [-0.15, -0.1) is 0 Å². The number of carbonyl (C=O) groups is 2. The quantitative estimate of drug-likeness (QED) is 0.804. The molecule has 114 valence electrons. The summed E-state index contributed by atoms with van der Waals surface area (Å²) in [6.45, 7) is 0.633. The molecule has 0 spiro atoms. The fourth-order valence-corrected chi connectivity index (χ4v) is 2.91. The predicted octanol–water partition coefficient (Wildman–Crippen LogP) is 2.83. The molecule has 0 radical (unpaired) electrons. The van der Waals surface area contributed by atoms with Crippen molar-refractivity contribution in [3.63, 3.8) is 0 Å². The van der Waals surface area contributed by atoms with E-state index in [1.807, 2.05) is 24.3 Å². The monoisotopic (exact) mass is 309 g/mol. The highest BCUT2D eigenvalue weighted by molar-refractivity contribution is 6.30. The lowest BCUT2D eigenvalue weighted by Gasteiger charge is -2.33. The van der Waals surface area contributed by atoms with Crippen LogP contribution in [-0.4, -0.2) is 36.5 Å². The topological polar surface area (TPSA) is 46.6 Å². The average Bonchev–Trinajstić information content (AvgIpc) is 2.52. The van der Waals surface area contributed by atoms with Crippen LogP contribution in [0.5, 0.6) is 0 Å². The molecule has 1 atom stereocenters. The van der Waals surface area contributed by atoms with Crippen LogP contribution in [0.25, 0.3) is 0 Å². The van der Waals surface area contributed by atoms with E-state index >= 15 is 0 Å². The van der Waals surface area contributed by atoms with Crippen molar-refractivity contribution in [2.45, 2.75) is 38.1 Å². The third-order valence-corrected chi connectivity index (χ3v) is 4.05. The second kappa shape index (κ2) is 7.46. The lowest BCUT2D eigenvalue weighted by atomic mass is 10.0. The Labute approximate surface area is 130 Å². The Morgan fingerprint density at radius 2 is 2.19 bits per heavy atom. The molecular weight excluding hydrogens is 290 g/mol. The van der Waals surface area contributed by atoms with Gasteiger partial charge in [0.05, 0.1) is 7.11 Å². The highest BCUT2D eigenvalue weighted by atomic mass is 35.5. The van der Waals surface area contributed by atoms with E-state index in [4.69, 9.17) is 16.3 Å². The zero-order valence-electron chi connectivity index (χ0n) is 12.2. The van der Waals surface area contributed by atoms with E-state index in [0.29, 0.717) is 30.8 Å². The maximum absolute atomic E-state index is 12.4. The molecule has 1 aliphatic heterocycles. The van der Waals surface area contributed by atoms with E-state index in [9.17, 15) is 9.59 Å². The third-order valence-electron chi connectivity index (χ3n) is 3.81. The van der Waals surface area contributed by atoms with Crippen molar-refractivity contribution in [3.05, 3.63) is 34.9 Å². The lowest BCUT2D eigenvalue weighted by Crippen LogP contribution is -2.48. The second-order valence-electron chi connectivity index (χ2n) is 5.25. The first-order valence-electron chi connectivity index (χ1n) is 7.23. The van der Waals surface area contributed by atoms with Crippen molar-refractivity contribution >= 4 is 23.5 Å². The Bertz CT molecular complexity index is 518. The highest BCUT2D eigenvalue weighted by Gasteiger charge is 2.32. The molecule has 0 saturated carbocycles. The molecule has 1 aromatic rings. The van der Waals surface area contributed by atoms with Crippen LogP contribution in [-0.2, 0) is 20.7 Å². The Kier molecular flexibility index (Phi) is 5.62. The predicted molar refractivity (Wildman–Crippen MR) is 81.1 cm³/mol. The van der Waals surface area contributed by atoms with Gasteiger partial charge in [-0.1, -0.05) is 23.7 Å². The molecule has 1 saturated heterocycles. The number of hydrogen-bond acceptors (Lipinski definition) is 3. The van der Waals surface area contributed by atoms with Crippen molar-refractivity contribution in [2.24, 2.45) is 0 Å². The summed E-state index contributed by atoms with van der Waals surface area (Å²) in [5, 5.41) is 0.672. The molecule has 4 nitrogen and oxygen atoms in total. The number of piperidine rings is 1. The van der Waals surface area contributed by atoms with Gasteiger partial charge in [0.1, 0.15) is 6.04 Å². The fourth-order valence-electron chi connectivity index (χ4n) is 2.70. The molecule has 2 rings (SSSR count). The number of esters is 1. The van der Waals surface area contributed by atoms with E-state index in [-0.39, 0.29) is 11.9 Å². The number of halogens is 1. The molecule has 1 fully saturated rings. The summed E-state index contributed by atoms with van der Waals surface area (Å²) in [5.41, 5.74) is 1.03. The lowest BCUT2D eigenvalue weighted by molar-refractivity contribution is -0.154. The zero-order valence-corrected chi connectivity index (χ0v) is 12.9. The third kappa shape index (κ3) is 4.21. The van der Waals surface area contributed by atoms with Crippen molar-refractivity contribution in [3.8, 4) is 0 Å². The molecule has 0 aromatic heterocycles. The number of ether oxygens (including phenoxy) is 1. The number of methoxy groups -OCH3 is 1. The molecule has 1 amide bonds. The van der Waals surface area contributed by atoms with Gasteiger partial charge in [-0.2, -0.15) is 0 Å². The molecule has 1 heterocycles. The van der Waals surface area contributed by atoms with Gasteiger partial charge < -0.3 is 9.64 Å². The van der Waals surface area contributed by atoms with Crippen LogP contribution in [0.4, 0.5) is 0 Å². The average molecular weight is 310 g/mol. The van der Waals surface area contributed by atoms with Crippen LogP contribution < -0.4 is 0 Å². The number of aryl methyl sites for hydroxylation is 1. The van der Waals surface area contributed by atoms with E-state index in [2.05, 4.69) is 0 Å². The van der Waals surface area contributed by atoms with Gasteiger partial charge in [0.15, 0.2) is 0 Å². The summed E-state index contributed by atoms with van der Waals surface area (Å²) in [4.78, 5) is 25.8. The maximum Gasteiger partial charge on any atom is 0.328 e. The minimum Gasteiger partial charge on any atom is -0.467 e. The standard InChI is InChI=1S/C16H20ClNO3/c1-21-16(20)14-7-2-3-10-18(14)15(19)9-8-12-5-4-6-13(17)11-12/h4-6,11,14H,2-3,7-10H2,1H3. The van der Waals surface area contributed by atoms with Crippen molar-refractivity contribution in [2.75, 3.05) is 13.7 Å². The van der Waals surface area contributed by atoms with Gasteiger partial charge in [-0.05, 0) is 43.4 Å². The number of nitrogens with zero attached hydrogens (tertiary/aromatic N) is 1. The molecule has 1 unspecified atom stereocenters. The number of benzene rings is 1. The van der Waals surface area contributed by atoms with E-state index < -0.39 is 6.04 Å². The number of amides is 1. The maximum atomic E-state index is 12.4. The summed E-state index contributed by atoms with van der Waals surface area (Å²) < 4.78 is 4.80. The summed E-state index contributed by atoms with van der Waals surface area (Å²) in [6.07, 6.45) is 3.60. The normalized spacial score (nSPS) is 18.4. The minimum absolute atomic E-state index is 0.00470. The van der Waals surface area contributed by atoms with Crippen LogP contribution in [0.15, 0.2) is 24.3 Å². The molecular formula is C16H20ClNO3. The number of rotatable bonds is 4. The van der Waals surface area contributed by atoms with Crippen LogP contribution in [0, 0.1) is 0 Å². The summed E-state index contributed by atoms with van der Waals surface area (Å²) >= 11 is 5.94. The SMILES string of the molecule is COC(=O)C1CCCCN1C(=O)CCc1cccc(Cl)c1. The first kappa shape index (κ1) is 15.8. The van der Waals surface area contributed by atoms with Crippen LogP contribution in [0.1, 0.15) is 31.2 Å². The molecule has 0 aliphatic carbocycles. The first-order chi connectivity index (χ1) is 10.1. The smallest absolute Gasteiger partial charge is 0.328 e. The fraction of sp³-hybridized carbons (Fsp3) is 0.500. The highest BCUT2D eigenvalue weighted by Crippen LogP contribution is 2.20. The Balaban J connectivity index is 1.96. The number of hydrogen-bond donors (Lipinski definition) is 0. The Morgan fingerprint density at radius 1 is 1.38 bits per heavy atom. The zero-order chi connectivity index (χ0) is 15.2. The molecule has 21 heavy (non-hydrogen) atoms. The van der Waals surface area contributed by atoms with Crippen molar-refractivity contribution < 1.29 is 14.3 Å². The second-order valence-corrected chi connectivity index (χ2v) is 5.69. The van der Waals surface area contributed by atoms with Crippen LogP contribution in [0.2, 0.25) is 5.02 Å². The summed E-state index contributed by atoms with van der Waals surface area (Å²) in [6, 6.07) is 7.08. The largest absolute Gasteiger partial charge is 0.467 e. The van der Waals surface area contributed by atoms with Crippen LogP contribution >= 0.6 is 11.6 Å². The van der Waals surface area contributed by atoms with E-state index in [1.54, 1.807) is 4.90 Å². The van der Waals surface area contributed by atoms with Gasteiger partial charge in [0.25, 0.3) is 0 Å². The van der Waals surface area contributed by atoms with Gasteiger partial charge >= 0.3 is 5.97 Å². The van der Waals surface area contributed by atoms with Gasteiger partial charge in [0, 0.05) is 18.0 Å². The van der Waals surface area contributed by atoms with Gasteiger partial charge in [-0.3, -0.25) is 4.79 Å². The van der Waals surface area contributed by atoms with Crippen molar-refractivity contribution in [1.82, 2.24) is 4.90 Å². The molecule has 0 N–H and O–H groups in total. The molecule has 1 aromatic carbocycles. The van der Waals surface area contributed by atoms with Crippen molar-refractivity contribution in [1.29, 1.82) is 0 Å². The Hall–Kier alpha value is -1.55. The number of likely N-dealkylation sites (tertiary alicyclic amines) is 1. The summed E-state index contributed by atoms with van der Waals surface area (Å²) in [7, 11) is 1.37. The van der Waals surface area contributed by atoms with E-state index in [1.165, 1.54) is 7.11 Å².